The highest BCUT2D eigenvalue weighted by Gasteiger charge is 2.24. The number of hydrogen-bond donors (Lipinski definition) is 1. The van der Waals surface area contributed by atoms with Crippen molar-refractivity contribution in [2.75, 3.05) is 5.32 Å². The third kappa shape index (κ3) is 2.50. The van der Waals surface area contributed by atoms with Crippen molar-refractivity contribution in [1.29, 1.82) is 0 Å². The first-order chi connectivity index (χ1) is 12.4. The number of benzene rings is 4. The minimum Gasteiger partial charge on any atom is -0.368 e. The van der Waals surface area contributed by atoms with Crippen molar-refractivity contribution in [3.63, 3.8) is 0 Å². The van der Waals surface area contributed by atoms with Crippen molar-refractivity contribution in [3.05, 3.63) is 96.6 Å². The first-order valence-electron chi connectivity index (χ1n) is 8.49. The molecule has 4 aromatic rings. The number of hydrogen-bond acceptors (Lipinski definition) is 2. The molecule has 1 aliphatic heterocycles. The van der Waals surface area contributed by atoms with Gasteiger partial charge in [0.1, 0.15) is 5.37 Å². The molecule has 1 heterocycles. The van der Waals surface area contributed by atoms with Crippen LogP contribution in [0.2, 0.25) is 0 Å². The molecule has 120 valence electrons. The van der Waals surface area contributed by atoms with Crippen LogP contribution >= 0.6 is 11.8 Å². The molecule has 0 saturated heterocycles. The predicted molar refractivity (Wildman–Crippen MR) is 108 cm³/mol. The lowest BCUT2D eigenvalue weighted by Gasteiger charge is -2.17. The summed E-state index contributed by atoms with van der Waals surface area (Å²) in [6.45, 7) is 0. The molecular weight excluding hydrogens is 322 g/mol. The van der Waals surface area contributed by atoms with Crippen molar-refractivity contribution in [2.24, 2.45) is 0 Å². The smallest absolute Gasteiger partial charge is 0.103 e. The first kappa shape index (κ1) is 14.6. The zero-order chi connectivity index (χ0) is 16.6. The molecule has 0 amide bonds. The summed E-state index contributed by atoms with van der Waals surface area (Å²) < 4.78 is 0. The molecular formula is C23H17NS. The quantitative estimate of drug-likeness (QED) is 0.435. The van der Waals surface area contributed by atoms with Gasteiger partial charge < -0.3 is 5.32 Å². The summed E-state index contributed by atoms with van der Waals surface area (Å²) in [7, 11) is 0. The fourth-order valence-corrected chi connectivity index (χ4v) is 4.74. The summed E-state index contributed by atoms with van der Waals surface area (Å²) in [5.74, 6) is 0. The van der Waals surface area contributed by atoms with E-state index < -0.39 is 0 Å². The number of fused-ring (bicyclic) bond motifs is 2. The van der Waals surface area contributed by atoms with Crippen LogP contribution in [0.25, 0.3) is 21.9 Å². The molecule has 1 aliphatic rings. The van der Waals surface area contributed by atoms with E-state index in [1.807, 2.05) is 11.8 Å². The molecule has 0 aliphatic carbocycles. The van der Waals surface area contributed by atoms with Crippen molar-refractivity contribution in [3.8, 4) is 11.1 Å². The highest BCUT2D eigenvalue weighted by Crippen LogP contribution is 2.48. The van der Waals surface area contributed by atoms with Gasteiger partial charge in [0.25, 0.3) is 0 Å². The van der Waals surface area contributed by atoms with Gasteiger partial charge in [0, 0.05) is 10.6 Å². The van der Waals surface area contributed by atoms with Crippen LogP contribution in [0.4, 0.5) is 5.69 Å². The maximum absolute atomic E-state index is 3.67. The summed E-state index contributed by atoms with van der Waals surface area (Å²) >= 11 is 1.89. The summed E-state index contributed by atoms with van der Waals surface area (Å²) in [5.41, 5.74) is 5.16. The van der Waals surface area contributed by atoms with Crippen molar-refractivity contribution in [2.45, 2.75) is 10.3 Å². The van der Waals surface area contributed by atoms with E-state index in [1.165, 1.54) is 38.0 Å². The Balaban J connectivity index is 1.65. The molecule has 0 spiro atoms. The molecule has 0 fully saturated rings. The average Bonchev–Trinajstić information content (AvgIpc) is 3.12. The Kier molecular flexibility index (Phi) is 3.50. The molecule has 0 aromatic heterocycles. The molecule has 25 heavy (non-hydrogen) atoms. The van der Waals surface area contributed by atoms with E-state index in [-0.39, 0.29) is 5.37 Å². The van der Waals surface area contributed by atoms with E-state index in [9.17, 15) is 0 Å². The Morgan fingerprint density at radius 3 is 2.32 bits per heavy atom. The summed E-state index contributed by atoms with van der Waals surface area (Å²) in [4.78, 5) is 1.32. The summed E-state index contributed by atoms with van der Waals surface area (Å²) in [6.07, 6.45) is 0. The van der Waals surface area contributed by atoms with Gasteiger partial charge in [0.2, 0.25) is 0 Å². The Labute approximate surface area is 151 Å². The van der Waals surface area contributed by atoms with Gasteiger partial charge in [0.15, 0.2) is 0 Å². The maximum atomic E-state index is 3.67. The van der Waals surface area contributed by atoms with Gasteiger partial charge in [-0.15, -0.1) is 0 Å². The summed E-state index contributed by atoms with van der Waals surface area (Å²) in [6, 6.07) is 32.5. The average molecular weight is 339 g/mol. The van der Waals surface area contributed by atoms with Crippen LogP contribution in [0, 0.1) is 0 Å². The van der Waals surface area contributed by atoms with Crippen molar-refractivity contribution < 1.29 is 0 Å². The fraction of sp³-hybridized carbons (Fsp3) is 0.0435. The third-order valence-corrected chi connectivity index (χ3v) is 5.96. The second-order valence-corrected chi connectivity index (χ2v) is 7.40. The van der Waals surface area contributed by atoms with E-state index in [1.54, 1.807) is 0 Å². The summed E-state index contributed by atoms with van der Waals surface area (Å²) in [5, 5.41) is 6.50. The number of thioether (sulfide) groups is 1. The third-order valence-electron chi connectivity index (χ3n) is 4.74. The molecule has 0 radical (unpaired) electrons. The number of rotatable bonds is 2. The Hall–Kier alpha value is -2.71. The molecule has 0 saturated carbocycles. The molecule has 4 aromatic carbocycles. The van der Waals surface area contributed by atoms with Gasteiger partial charge in [-0.25, -0.2) is 0 Å². The van der Waals surface area contributed by atoms with Crippen LogP contribution in [-0.4, -0.2) is 0 Å². The van der Waals surface area contributed by atoms with Crippen molar-refractivity contribution >= 4 is 28.2 Å². The van der Waals surface area contributed by atoms with Gasteiger partial charge in [-0.3, -0.25) is 0 Å². The largest absolute Gasteiger partial charge is 0.368 e. The van der Waals surface area contributed by atoms with Crippen LogP contribution in [0.15, 0.2) is 95.9 Å². The second-order valence-electron chi connectivity index (χ2n) is 6.25. The highest BCUT2D eigenvalue weighted by atomic mass is 32.2. The SMILES string of the molecule is c1ccc2c(c1)NC(c1ccccc1-c1cccc3ccccc13)S2. The van der Waals surface area contributed by atoms with E-state index in [4.69, 9.17) is 0 Å². The lowest BCUT2D eigenvalue weighted by molar-refractivity contribution is 1.14. The van der Waals surface area contributed by atoms with E-state index in [2.05, 4.69) is 96.3 Å². The number of anilines is 1. The van der Waals surface area contributed by atoms with Gasteiger partial charge in [0.05, 0.1) is 0 Å². The van der Waals surface area contributed by atoms with Gasteiger partial charge in [-0.1, -0.05) is 90.6 Å². The number of para-hydroxylation sites is 1. The standard InChI is InChI=1S/C23H17NS/c1-2-10-17-16(8-1)9-7-13-18(17)19-11-3-4-12-20(19)23-24-21-14-5-6-15-22(21)25-23/h1-15,23-24H. The first-order valence-corrected chi connectivity index (χ1v) is 9.37. The van der Waals surface area contributed by atoms with Gasteiger partial charge in [-0.05, 0) is 39.6 Å². The topological polar surface area (TPSA) is 12.0 Å². The van der Waals surface area contributed by atoms with Crippen LogP contribution in [0.1, 0.15) is 10.9 Å². The molecule has 1 unspecified atom stereocenters. The Morgan fingerprint density at radius 2 is 1.36 bits per heavy atom. The van der Waals surface area contributed by atoms with E-state index in [0.717, 1.165) is 0 Å². The molecule has 2 heteroatoms. The Bertz CT molecular complexity index is 1040. The normalized spacial score (nSPS) is 15.8. The molecule has 1 nitrogen and oxygen atoms in total. The van der Waals surface area contributed by atoms with E-state index >= 15 is 0 Å². The van der Waals surface area contributed by atoms with Crippen LogP contribution in [0.3, 0.4) is 0 Å². The van der Waals surface area contributed by atoms with Gasteiger partial charge in [-0.2, -0.15) is 0 Å². The zero-order valence-electron chi connectivity index (χ0n) is 13.6. The monoisotopic (exact) mass is 339 g/mol. The predicted octanol–water partition coefficient (Wildman–Crippen LogP) is 6.72. The minimum atomic E-state index is 0.243. The van der Waals surface area contributed by atoms with Crippen LogP contribution in [0.5, 0.6) is 0 Å². The number of nitrogens with one attached hydrogen (secondary N) is 1. The van der Waals surface area contributed by atoms with Crippen LogP contribution in [-0.2, 0) is 0 Å². The maximum Gasteiger partial charge on any atom is 0.103 e. The molecule has 1 N–H and O–H groups in total. The zero-order valence-corrected chi connectivity index (χ0v) is 14.5. The molecule has 1 atom stereocenters. The highest BCUT2D eigenvalue weighted by molar-refractivity contribution is 8.00. The lowest BCUT2D eigenvalue weighted by atomic mass is 9.94. The Morgan fingerprint density at radius 1 is 0.640 bits per heavy atom. The van der Waals surface area contributed by atoms with Crippen molar-refractivity contribution in [1.82, 2.24) is 0 Å². The van der Waals surface area contributed by atoms with E-state index in [0.29, 0.717) is 0 Å². The lowest BCUT2D eigenvalue weighted by Crippen LogP contribution is -2.03. The minimum absolute atomic E-state index is 0.243. The fourth-order valence-electron chi connectivity index (χ4n) is 3.56. The molecule has 5 rings (SSSR count). The van der Waals surface area contributed by atoms with Gasteiger partial charge >= 0.3 is 0 Å². The van der Waals surface area contributed by atoms with Crippen LogP contribution < -0.4 is 5.32 Å². The second kappa shape index (κ2) is 5.98. The molecule has 0 bridgehead atoms.